The van der Waals surface area contributed by atoms with Gasteiger partial charge in [0, 0.05) is 11.6 Å². The standard InChI is InChI=1S/C16H15ClN4O2/c1-2-9-18-16(22)14-15(13-4-3-10-23-13)21(20-19-14)12-7-5-11(17)6-8-12/h3-8,10H,2,9H2,1H3,(H,18,22). The fourth-order valence-corrected chi connectivity index (χ4v) is 2.28. The highest BCUT2D eigenvalue weighted by atomic mass is 35.5. The number of hydrogen-bond donors (Lipinski definition) is 1. The predicted octanol–water partition coefficient (Wildman–Crippen LogP) is 3.32. The van der Waals surface area contributed by atoms with Gasteiger partial charge in [-0.1, -0.05) is 23.7 Å². The third-order valence-electron chi connectivity index (χ3n) is 3.25. The average Bonchev–Trinajstić information content (AvgIpc) is 3.22. The van der Waals surface area contributed by atoms with E-state index in [9.17, 15) is 4.79 Å². The molecule has 0 bridgehead atoms. The second-order valence-electron chi connectivity index (χ2n) is 4.91. The summed E-state index contributed by atoms with van der Waals surface area (Å²) in [5, 5.41) is 11.6. The van der Waals surface area contributed by atoms with E-state index in [1.54, 1.807) is 47.3 Å². The van der Waals surface area contributed by atoms with Gasteiger partial charge in [-0.05, 0) is 42.8 Å². The smallest absolute Gasteiger partial charge is 0.274 e. The molecule has 1 N–H and O–H groups in total. The van der Waals surface area contributed by atoms with Crippen molar-refractivity contribution in [1.82, 2.24) is 20.3 Å². The van der Waals surface area contributed by atoms with Crippen LogP contribution in [0.2, 0.25) is 5.02 Å². The van der Waals surface area contributed by atoms with Crippen LogP contribution < -0.4 is 5.32 Å². The summed E-state index contributed by atoms with van der Waals surface area (Å²) in [6.07, 6.45) is 2.38. The Hall–Kier alpha value is -2.60. The number of hydrogen-bond acceptors (Lipinski definition) is 4. The normalized spacial score (nSPS) is 10.7. The lowest BCUT2D eigenvalue weighted by Crippen LogP contribution is -2.25. The Morgan fingerprint density at radius 3 is 2.74 bits per heavy atom. The van der Waals surface area contributed by atoms with E-state index in [2.05, 4.69) is 15.6 Å². The molecule has 0 unspecified atom stereocenters. The molecule has 0 spiro atoms. The fourth-order valence-electron chi connectivity index (χ4n) is 2.15. The fraction of sp³-hybridized carbons (Fsp3) is 0.188. The van der Waals surface area contributed by atoms with E-state index in [0.29, 0.717) is 23.0 Å². The molecule has 0 atom stereocenters. The number of rotatable bonds is 5. The van der Waals surface area contributed by atoms with E-state index in [0.717, 1.165) is 12.1 Å². The number of furan rings is 1. The van der Waals surface area contributed by atoms with Crippen LogP contribution in [0, 0.1) is 0 Å². The number of nitrogens with one attached hydrogen (secondary N) is 1. The highest BCUT2D eigenvalue weighted by Crippen LogP contribution is 2.26. The van der Waals surface area contributed by atoms with E-state index in [-0.39, 0.29) is 11.6 Å². The highest BCUT2D eigenvalue weighted by Gasteiger charge is 2.23. The number of benzene rings is 1. The average molecular weight is 331 g/mol. The molecular weight excluding hydrogens is 316 g/mol. The molecule has 0 aliphatic carbocycles. The molecule has 0 aliphatic heterocycles. The van der Waals surface area contributed by atoms with Gasteiger partial charge in [-0.3, -0.25) is 4.79 Å². The van der Waals surface area contributed by atoms with Gasteiger partial charge in [0.1, 0.15) is 5.69 Å². The van der Waals surface area contributed by atoms with Crippen molar-refractivity contribution in [2.45, 2.75) is 13.3 Å². The van der Waals surface area contributed by atoms with Crippen LogP contribution in [0.5, 0.6) is 0 Å². The molecule has 23 heavy (non-hydrogen) atoms. The zero-order valence-corrected chi connectivity index (χ0v) is 13.2. The number of aromatic nitrogens is 3. The second-order valence-corrected chi connectivity index (χ2v) is 5.34. The Kier molecular flexibility index (Phi) is 4.43. The summed E-state index contributed by atoms with van der Waals surface area (Å²) in [5.74, 6) is 0.241. The third-order valence-corrected chi connectivity index (χ3v) is 3.50. The van der Waals surface area contributed by atoms with Crippen LogP contribution in [-0.4, -0.2) is 27.4 Å². The third kappa shape index (κ3) is 3.12. The Labute approximate surface area is 138 Å². The number of halogens is 1. The molecule has 3 aromatic rings. The first kappa shape index (κ1) is 15.3. The molecule has 0 saturated heterocycles. The van der Waals surface area contributed by atoms with Crippen molar-refractivity contribution in [2.24, 2.45) is 0 Å². The van der Waals surface area contributed by atoms with Crippen molar-refractivity contribution in [3.63, 3.8) is 0 Å². The molecule has 1 amide bonds. The Balaban J connectivity index is 2.08. The number of carbonyl (C=O) groups excluding carboxylic acids is 1. The number of carbonyl (C=O) groups is 1. The first-order valence-corrected chi connectivity index (χ1v) is 7.62. The maximum Gasteiger partial charge on any atom is 0.274 e. The minimum absolute atomic E-state index is 0.225. The highest BCUT2D eigenvalue weighted by molar-refractivity contribution is 6.30. The molecule has 0 fully saturated rings. The molecule has 0 aliphatic rings. The summed E-state index contributed by atoms with van der Waals surface area (Å²) >= 11 is 5.92. The number of nitrogens with zero attached hydrogens (tertiary/aromatic N) is 3. The van der Waals surface area contributed by atoms with Gasteiger partial charge >= 0.3 is 0 Å². The van der Waals surface area contributed by atoms with Crippen molar-refractivity contribution >= 4 is 17.5 Å². The van der Waals surface area contributed by atoms with Crippen LogP contribution in [0.3, 0.4) is 0 Å². The molecule has 2 aromatic heterocycles. The Morgan fingerprint density at radius 1 is 1.30 bits per heavy atom. The summed E-state index contributed by atoms with van der Waals surface area (Å²) in [7, 11) is 0. The molecule has 6 nitrogen and oxygen atoms in total. The molecule has 0 radical (unpaired) electrons. The first-order valence-electron chi connectivity index (χ1n) is 7.24. The lowest BCUT2D eigenvalue weighted by molar-refractivity contribution is 0.0949. The maximum absolute atomic E-state index is 12.3. The molecule has 7 heteroatoms. The second kappa shape index (κ2) is 6.66. The first-order chi connectivity index (χ1) is 11.2. The van der Waals surface area contributed by atoms with Crippen LogP contribution in [-0.2, 0) is 0 Å². The van der Waals surface area contributed by atoms with Crippen LogP contribution in [0.25, 0.3) is 17.1 Å². The van der Waals surface area contributed by atoms with Gasteiger partial charge < -0.3 is 9.73 Å². The molecule has 118 valence electrons. The van der Waals surface area contributed by atoms with Gasteiger partial charge in [-0.15, -0.1) is 5.10 Å². The Morgan fingerprint density at radius 2 is 2.09 bits per heavy atom. The van der Waals surface area contributed by atoms with Gasteiger partial charge in [0.05, 0.1) is 12.0 Å². The largest absolute Gasteiger partial charge is 0.463 e. The maximum atomic E-state index is 12.3. The van der Waals surface area contributed by atoms with Crippen LogP contribution in [0.15, 0.2) is 47.1 Å². The van der Waals surface area contributed by atoms with Crippen molar-refractivity contribution in [3.05, 3.63) is 53.4 Å². The number of amides is 1. The van der Waals surface area contributed by atoms with Gasteiger partial charge in [0.15, 0.2) is 11.5 Å². The molecule has 2 heterocycles. The van der Waals surface area contributed by atoms with Gasteiger partial charge in [0.2, 0.25) is 0 Å². The molecular formula is C16H15ClN4O2. The molecule has 3 rings (SSSR count). The van der Waals surface area contributed by atoms with E-state index in [4.69, 9.17) is 16.0 Å². The monoisotopic (exact) mass is 330 g/mol. The van der Waals surface area contributed by atoms with Gasteiger partial charge in [-0.25, -0.2) is 4.68 Å². The van der Waals surface area contributed by atoms with Crippen LogP contribution in [0.1, 0.15) is 23.8 Å². The topological polar surface area (TPSA) is 73.0 Å². The Bertz CT molecular complexity index is 794. The lowest BCUT2D eigenvalue weighted by atomic mass is 10.2. The van der Waals surface area contributed by atoms with Crippen LogP contribution in [0.4, 0.5) is 0 Å². The van der Waals surface area contributed by atoms with Crippen molar-refractivity contribution in [1.29, 1.82) is 0 Å². The van der Waals surface area contributed by atoms with E-state index in [1.165, 1.54) is 0 Å². The zero-order valence-electron chi connectivity index (χ0n) is 12.5. The SMILES string of the molecule is CCCNC(=O)c1nnn(-c2ccc(Cl)cc2)c1-c1ccco1. The minimum Gasteiger partial charge on any atom is -0.463 e. The van der Waals surface area contributed by atoms with E-state index >= 15 is 0 Å². The summed E-state index contributed by atoms with van der Waals surface area (Å²) in [4.78, 5) is 12.3. The minimum atomic E-state index is -0.279. The molecule has 0 saturated carbocycles. The quantitative estimate of drug-likeness (QED) is 0.778. The van der Waals surface area contributed by atoms with Gasteiger partial charge in [0.25, 0.3) is 5.91 Å². The summed E-state index contributed by atoms with van der Waals surface area (Å²) < 4.78 is 7.02. The van der Waals surface area contributed by atoms with Gasteiger partial charge in [-0.2, -0.15) is 0 Å². The zero-order chi connectivity index (χ0) is 16.2. The molecule has 1 aromatic carbocycles. The van der Waals surface area contributed by atoms with Crippen molar-refractivity contribution in [2.75, 3.05) is 6.54 Å². The summed E-state index contributed by atoms with van der Waals surface area (Å²) in [6.45, 7) is 2.56. The van der Waals surface area contributed by atoms with E-state index in [1.807, 2.05) is 6.92 Å². The van der Waals surface area contributed by atoms with Crippen molar-refractivity contribution < 1.29 is 9.21 Å². The summed E-state index contributed by atoms with van der Waals surface area (Å²) in [6, 6.07) is 10.6. The summed E-state index contributed by atoms with van der Waals surface area (Å²) in [5.41, 5.74) is 1.47. The van der Waals surface area contributed by atoms with Crippen LogP contribution >= 0.6 is 11.6 Å². The predicted molar refractivity (Wildman–Crippen MR) is 86.7 cm³/mol. The lowest BCUT2D eigenvalue weighted by Gasteiger charge is -2.06. The van der Waals surface area contributed by atoms with E-state index < -0.39 is 0 Å². The van der Waals surface area contributed by atoms with Crippen molar-refractivity contribution in [3.8, 4) is 17.1 Å².